The number of aromatic nitrogens is 4. The minimum Gasteiger partial charge on any atom is -0.382 e. The van der Waals surface area contributed by atoms with Crippen LogP contribution in [0.5, 0.6) is 0 Å². The van der Waals surface area contributed by atoms with Crippen molar-refractivity contribution >= 4 is 36.0 Å². The Bertz CT molecular complexity index is 754. The molecule has 2 aromatic heterocycles. The van der Waals surface area contributed by atoms with E-state index in [9.17, 15) is 9.47 Å². The Hall–Kier alpha value is -1.55. The molecule has 3 heterocycles. The first-order valence-corrected chi connectivity index (χ1v) is 9.14. The van der Waals surface area contributed by atoms with Crippen LogP contribution in [0.2, 0.25) is 0 Å². The van der Waals surface area contributed by atoms with Gasteiger partial charge in [-0.05, 0) is 12.8 Å². The van der Waals surface area contributed by atoms with E-state index in [4.69, 9.17) is 15.0 Å². The average Bonchev–Trinajstić information content (AvgIpc) is 3.12. The summed E-state index contributed by atoms with van der Waals surface area (Å²) in [5.74, 6) is 0.301. The van der Waals surface area contributed by atoms with Crippen molar-refractivity contribution in [2.24, 2.45) is 4.95 Å². The molecule has 10 nitrogen and oxygen atoms in total. The lowest BCUT2D eigenvalue weighted by Gasteiger charge is -2.15. The van der Waals surface area contributed by atoms with Crippen molar-refractivity contribution in [2.45, 2.75) is 25.2 Å². The highest BCUT2D eigenvalue weighted by molar-refractivity contribution is 8.45. The zero-order valence-corrected chi connectivity index (χ0v) is 13.1. The summed E-state index contributed by atoms with van der Waals surface area (Å²) in [5.41, 5.74) is 6.83. The molecular weight excluding hydrogens is 331 g/mol. The van der Waals surface area contributed by atoms with Crippen LogP contribution in [0.4, 0.5) is 5.82 Å². The second kappa shape index (κ2) is 5.92. The fourth-order valence-electron chi connectivity index (χ4n) is 2.30. The maximum absolute atomic E-state index is 11.3. The molecule has 1 saturated heterocycles. The number of thiol groups is 1. The summed E-state index contributed by atoms with van der Waals surface area (Å²) in [7, 11) is 0. The molecule has 2 aromatic rings. The van der Waals surface area contributed by atoms with E-state index in [0.717, 1.165) is 0 Å². The molecule has 3 atom stereocenters. The molecule has 1 aliphatic rings. The van der Waals surface area contributed by atoms with E-state index < -0.39 is 6.72 Å². The van der Waals surface area contributed by atoms with E-state index in [-0.39, 0.29) is 18.9 Å². The molecule has 0 spiro atoms. The van der Waals surface area contributed by atoms with E-state index in [1.165, 1.54) is 6.33 Å². The predicted octanol–water partition coefficient (Wildman–Crippen LogP) is 1.91. The van der Waals surface area contributed by atoms with Crippen molar-refractivity contribution in [2.75, 3.05) is 12.3 Å². The van der Waals surface area contributed by atoms with Gasteiger partial charge in [0.1, 0.15) is 18.1 Å². The Kier molecular flexibility index (Phi) is 4.13. The van der Waals surface area contributed by atoms with Gasteiger partial charge in [0.2, 0.25) is 0 Å². The molecule has 3 rings (SSSR count). The molecule has 0 aromatic carbocycles. The quantitative estimate of drug-likeness (QED) is 0.477. The maximum Gasteiger partial charge on any atom is 0.405 e. The number of nitroso groups, excluding NO2 is 1. The number of hydrogen-bond acceptors (Lipinski definition) is 8. The molecule has 12 heteroatoms. The number of nitrogen functional groups attached to an aromatic ring is 1. The third kappa shape index (κ3) is 2.98. The van der Waals surface area contributed by atoms with Crippen LogP contribution in [0.3, 0.4) is 0 Å². The summed E-state index contributed by atoms with van der Waals surface area (Å²) >= 11 is 3.55. The summed E-state index contributed by atoms with van der Waals surface area (Å²) in [4.78, 5) is 24.8. The number of imidazole rings is 1. The molecule has 0 bridgehead atoms. The summed E-state index contributed by atoms with van der Waals surface area (Å²) in [6.45, 7) is -3.74. The minimum absolute atomic E-state index is 0.0211. The Balaban J connectivity index is 1.71. The number of hydrogen-bond donors (Lipinski definition) is 2. The molecular formula is C10H13N6O4PS. The van der Waals surface area contributed by atoms with Gasteiger partial charge < -0.3 is 15.0 Å². The van der Waals surface area contributed by atoms with Gasteiger partial charge in [0.15, 0.2) is 11.5 Å². The lowest BCUT2D eigenvalue weighted by Crippen LogP contribution is -2.15. The zero-order chi connectivity index (χ0) is 15.7. The average molecular weight is 344 g/mol. The van der Waals surface area contributed by atoms with E-state index in [0.29, 0.717) is 29.8 Å². The van der Waals surface area contributed by atoms with Crippen molar-refractivity contribution in [3.8, 4) is 0 Å². The van der Waals surface area contributed by atoms with E-state index >= 15 is 0 Å². The highest BCUT2D eigenvalue weighted by Crippen LogP contribution is 2.53. The van der Waals surface area contributed by atoms with E-state index in [2.05, 4.69) is 32.1 Å². The molecule has 0 aliphatic carbocycles. The van der Waals surface area contributed by atoms with E-state index in [1.54, 1.807) is 10.9 Å². The van der Waals surface area contributed by atoms with Crippen molar-refractivity contribution in [1.29, 1.82) is 0 Å². The number of anilines is 1. The van der Waals surface area contributed by atoms with Crippen LogP contribution in [0.25, 0.3) is 11.2 Å². The zero-order valence-electron chi connectivity index (χ0n) is 11.3. The molecule has 0 radical (unpaired) electrons. The largest absolute Gasteiger partial charge is 0.405 e. The minimum atomic E-state index is -3.72. The van der Waals surface area contributed by atoms with Crippen molar-refractivity contribution in [3.05, 3.63) is 17.6 Å². The lowest BCUT2D eigenvalue weighted by molar-refractivity contribution is -0.0149. The number of rotatable bonds is 5. The third-order valence-electron chi connectivity index (χ3n) is 3.31. The summed E-state index contributed by atoms with van der Waals surface area (Å²) in [5, 5.41) is 0. The first-order valence-electron chi connectivity index (χ1n) is 6.41. The molecule has 1 fully saturated rings. The Morgan fingerprint density at radius 3 is 3.09 bits per heavy atom. The van der Waals surface area contributed by atoms with E-state index in [1.807, 2.05) is 0 Å². The summed E-state index contributed by atoms with van der Waals surface area (Å²) in [6.07, 6.45) is 3.69. The van der Waals surface area contributed by atoms with Crippen molar-refractivity contribution < 1.29 is 13.8 Å². The predicted molar refractivity (Wildman–Crippen MR) is 81.2 cm³/mol. The van der Waals surface area contributed by atoms with Gasteiger partial charge >= 0.3 is 6.72 Å². The van der Waals surface area contributed by atoms with Crippen molar-refractivity contribution in [1.82, 2.24) is 19.5 Å². The summed E-state index contributed by atoms with van der Waals surface area (Å²) in [6, 6.07) is 0. The van der Waals surface area contributed by atoms with Gasteiger partial charge in [-0.1, -0.05) is 12.2 Å². The van der Waals surface area contributed by atoms with Crippen LogP contribution in [-0.2, 0) is 13.8 Å². The molecule has 2 N–H and O–H groups in total. The first-order chi connectivity index (χ1) is 10.5. The Labute approximate surface area is 130 Å². The fourth-order valence-corrected chi connectivity index (χ4v) is 2.91. The van der Waals surface area contributed by atoms with Gasteiger partial charge in [-0.15, -0.1) is 4.91 Å². The Morgan fingerprint density at radius 2 is 2.32 bits per heavy atom. The second-order valence-corrected chi connectivity index (χ2v) is 7.66. The van der Waals surface area contributed by atoms with Gasteiger partial charge in [-0.3, -0.25) is 9.13 Å². The van der Waals surface area contributed by atoms with Crippen LogP contribution in [0.15, 0.2) is 17.6 Å². The molecule has 118 valence electrons. The number of ether oxygens (including phenoxy) is 1. The number of fused-ring (bicyclic) bond motifs is 1. The van der Waals surface area contributed by atoms with Crippen LogP contribution in [0, 0.1) is 4.91 Å². The molecule has 0 unspecified atom stereocenters. The maximum atomic E-state index is 11.3. The topological polar surface area (TPSA) is 135 Å². The highest BCUT2D eigenvalue weighted by atomic mass is 32.7. The second-order valence-electron chi connectivity index (χ2n) is 4.74. The Morgan fingerprint density at radius 1 is 1.50 bits per heavy atom. The summed E-state index contributed by atoms with van der Waals surface area (Å²) < 4.78 is 23.8. The third-order valence-corrected chi connectivity index (χ3v) is 4.57. The fraction of sp³-hybridized carbons (Fsp3) is 0.500. The van der Waals surface area contributed by atoms with Crippen LogP contribution < -0.4 is 5.73 Å². The normalized spacial score (nSPS) is 24.4. The van der Waals surface area contributed by atoms with Crippen LogP contribution in [0.1, 0.15) is 19.1 Å². The number of nitrogens with two attached hydrogens (primary N) is 1. The van der Waals surface area contributed by atoms with Gasteiger partial charge in [0.25, 0.3) is 0 Å². The lowest BCUT2D eigenvalue weighted by atomic mass is 10.2. The first kappa shape index (κ1) is 15.3. The van der Waals surface area contributed by atoms with Crippen LogP contribution >= 0.6 is 19.0 Å². The monoisotopic (exact) mass is 344 g/mol. The van der Waals surface area contributed by atoms with Crippen LogP contribution in [-0.4, -0.2) is 32.2 Å². The van der Waals surface area contributed by atoms with Gasteiger partial charge in [-0.25, -0.2) is 15.0 Å². The standard InChI is InChI=1S/C10H13N6O4PS/c11-9-8-10(13-4-12-9)16(5-14-8)7-2-1-6(20-7)3-19-21(18,22)15-17/h4-7H,1-3H2,(H,18,22)(H2,11,12,13)/t6-,7+,21+/m0/s1. The van der Waals surface area contributed by atoms with Gasteiger partial charge in [0, 0.05) is 4.95 Å². The molecule has 22 heavy (non-hydrogen) atoms. The molecule has 1 aliphatic heterocycles. The van der Waals surface area contributed by atoms with Crippen molar-refractivity contribution in [3.63, 3.8) is 0 Å². The van der Waals surface area contributed by atoms with Gasteiger partial charge in [-0.2, -0.15) is 0 Å². The van der Waals surface area contributed by atoms with Gasteiger partial charge in [0.05, 0.1) is 19.0 Å². The molecule has 0 saturated carbocycles. The highest BCUT2D eigenvalue weighted by Gasteiger charge is 2.30. The molecule has 0 amide bonds. The number of nitrogens with zero attached hydrogens (tertiary/aromatic N) is 5. The smallest absolute Gasteiger partial charge is 0.382 e. The SMILES string of the molecule is Nc1ncnc2c1ncn2[C@H]1CC[C@@H](CO[P@@](=O)(S)N=O)O1.